The molecule has 0 bridgehead atoms. The van der Waals surface area contributed by atoms with Gasteiger partial charge in [-0.1, -0.05) is 97.1 Å². The predicted octanol–water partition coefficient (Wildman–Crippen LogP) is 10.5. The van der Waals surface area contributed by atoms with E-state index in [-0.39, 0.29) is 30.0 Å². The fourth-order valence-electron chi connectivity index (χ4n) is 8.85. The number of hydrogen-bond acceptors (Lipinski definition) is 7. The average molecular weight is 875 g/mol. The number of fused-ring (bicyclic) bond motifs is 2. The molecule has 8 rings (SSSR count). The lowest BCUT2D eigenvalue weighted by Gasteiger charge is -2.27. The third-order valence-electron chi connectivity index (χ3n) is 12.4. The number of nitrogens with one attached hydrogen (secondary N) is 3. The molecule has 340 valence electrons. The third kappa shape index (κ3) is 11.9. The molecule has 10 nitrogen and oxygen atoms in total. The van der Waals surface area contributed by atoms with E-state index in [4.69, 9.17) is 4.74 Å². The molecule has 0 unspecified atom stereocenters. The van der Waals surface area contributed by atoms with Crippen molar-refractivity contribution >= 4 is 50.8 Å². The Morgan fingerprint density at radius 1 is 0.569 bits per heavy atom. The Morgan fingerprint density at radius 3 is 1.60 bits per heavy atom. The molecule has 65 heavy (non-hydrogen) atoms. The number of carbonyl (C=O) groups excluding carboxylic acids is 3. The van der Waals surface area contributed by atoms with Crippen LogP contribution in [0, 0.1) is 13.8 Å². The molecule has 6 aromatic carbocycles. The van der Waals surface area contributed by atoms with Gasteiger partial charge in [-0.3, -0.25) is 9.59 Å². The normalized spacial score (nSPS) is 15.5. The zero-order chi connectivity index (χ0) is 46.1. The van der Waals surface area contributed by atoms with E-state index in [0.29, 0.717) is 25.2 Å². The Labute approximate surface area is 385 Å². The Bertz CT molecular complexity index is 2600. The number of nitrogens with zero attached hydrogens (tertiary/aromatic N) is 3. The van der Waals surface area contributed by atoms with Crippen LogP contribution in [-0.2, 0) is 4.74 Å². The van der Waals surface area contributed by atoms with E-state index in [1.165, 1.54) is 10.8 Å². The van der Waals surface area contributed by atoms with Gasteiger partial charge in [-0.25, -0.2) is 4.79 Å². The van der Waals surface area contributed by atoms with Crippen molar-refractivity contribution in [2.75, 3.05) is 62.2 Å². The molecule has 3 amide bonds. The molecule has 10 heteroatoms. The van der Waals surface area contributed by atoms with Crippen molar-refractivity contribution in [1.82, 2.24) is 20.9 Å². The van der Waals surface area contributed by atoms with Crippen LogP contribution in [0.5, 0.6) is 0 Å². The summed E-state index contributed by atoms with van der Waals surface area (Å²) in [4.78, 5) is 45.4. The molecule has 0 saturated carbocycles. The van der Waals surface area contributed by atoms with E-state index >= 15 is 0 Å². The molecule has 2 fully saturated rings. The average Bonchev–Trinajstić information content (AvgIpc) is 3.73. The first-order valence-electron chi connectivity index (χ1n) is 23.2. The number of carbonyl (C=O) groups is 3. The van der Waals surface area contributed by atoms with Gasteiger partial charge in [0.25, 0.3) is 11.8 Å². The monoisotopic (exact) mass is 875 g/mol. The first-order valence-corrected chi connectivity index (χ1v) is 23.2. The highest BCUT2D eigenvalue weighted by atomic mass is 16.6. The molecule has 0 spiro atoms. The van der Waals surface area contributed by atoms with Gasteiger partial charge in [-0.2, -0.15) is 0 Å². The molecule has 2 aliphatic heterocycles. The summed E-state index contributed by atoms with van der Waals surface area (Å²) in [5.74, 6) is -0.0993. The SMILES string of the molecule is Cc1ccc(N2CCCN(C(=O)OC(C)(C)C)CC2)cc1C(=O)N[C@H](C)c1cccc2ccccc12.Cc1ccc(N2CCCNCC2)cc1C(=O)N[C@H](C)c1cccc2ccccc12. The van der Waals surface area contributed by atoms with Gasteiger partial charge in [-0.15, -0.1) is 0 Å². The highest BCUT2D eigenvalue weighted by molar-refractivity contribution is 5.98. The summed E-state index contributed by atoms with van der Waals surface area (Å²) in [6, 6.07) is 41.1. The Hall–Kier alpha value is -6.39. The zero-order valence-electron chi connectivity index (χ0n) is 39.2. The third-order valence-corrected chi connectivity index (χ3v) is 12.4. The summed E-state index contributed by atoms with van der Waals surface area (Å²) in [6.45, 7) is 20.5. The number of aryl methyl sites for hydroxylation is 2. The van der Waals surface area contributed by atoms with Gasteiger partial charge < -0.3 is 35.4 Å². The molecule has 2 atom stereocenters. The standard InChI is InChI=1S/C30H37N3O3.C25H29N3O/c1-21-14-15-24(32-16-9-17-33(19-18-32)29(35)36-30(3,4)5)20-27(21)28(34)31-22(2)25-13-8-11-23-10-6-7-12-26(23)25;1-18-11-12-21(28-15-6-13-26-14-16-28)17-24(18)25(29)27-19(2)22-10-5-8-20-7-3-4-9-23(20)22/h6-8,10-15,20,22H,9,16-19H2,1-5H3,(H,31,34);3-5,7-12,17,19,26H,6,13-16H2,1-2H3,(H,27,29)/t22-;19-/m11/s1. The van der Waals surface area contributed by atoms with Crippen LogP contribution >= 0.6 is 0 Å². The van der Waals surface area contributed by atoms with Gasteiger partial charge in [-0.05, 0) is 136 Å². The molecule has 2 heterocycles. The van der Waals surface area contributed by atoms with Crippen molar-refractivity contribution in [3.05, 3.63) is 155 Å². The Kier molecular flexibility index (Phi) is 15.1. The van der Waals surface area contributed by atoms with Crippen LogP contribution in [0.3, 0.4) is 0 Å². The number of rotatable bonds is 8. The number of ether oxygens (including phenoxy) is 1. The van der Waals surface area contributed by atoms with Gasteiger partial charge in [0, 0.05) is 68.3 Å². The Morgan fingerprint density at radius 2 is 1.06 bits per heavy atom. The summed E-state index contributed by atoms with van der Waals surface area (Å²) in [5.41, 5.74) is 7.23. The van der Waals surface area contributed by atoms with Crippen LogP contribution < -0.4 is 25.8 Å². The fraction of sp³-hybridized carbons (Fsp3) is 0.364. The van der Waals surface area contributed by atoms with Crippen molar-refractivity contribution in [3.63, 3.8) is 0 Å². The minimum atomic E-state index is -0.508. The largest absolute Gasteiger partial charge is 0.444 e. The second-order valence-corrected chi connectivity index (χ2v) is 18.4. The summed E-state index contributed by atoms with van der Waals surface area (Å²) in [7, 11) is 0. The Balaban J connectivity index is 0.000000198. The van der Waals surface area contributed by atoms with Gasteiger partial charge in [0.1, 0.15) is 5.60 Å². The first kappa shape index (κ1) is 46.6. The van der Waals surface area contributed by atoms with E-state index in [0.717, 1.165) is 95.5 Å². The predicted molar refractivity (Wildman–Crippen MR) is 266 cm³/mol. The summed E-state index contributed by atoms with van der Waals surface area (Å²) in [5, 5.41) is 14.5. The van der Waals surface area contributed by atoms with Crippen molar-refractivity contribution in [2.45, 2.75) is 79.0 Å². The van der Waals surface area contributed by atoms with Crippen LogP contribution in [0.4, 0.5) is 16.2 Å². The fourth-order valence-corrected chi connectivity index (χ4v) is 8.85. The topological polar surface area (TPSA) is 106 Å². The molecule has 0 aromatic heterocycles. The molecule has 0 aliphatic carbocycles. The van der Waals surface area contributed by atoms with Crippen molar-refractivity contribution < 1.29 is 19.1 Å². The minimum Gasteiger partial charge on any atom is -0.444 e. The van der Waals surface area contributed by atoms with E-state index in [9.17, 15) is 14.4 Å². The summed E-state index contributed by atoms with van der Waals surface area (Å²) in [6.07, 6.45) is 1.69. The van der Waals surface area contributed by atoms with E-state index in [2.05, 4.69) is 105 Å². The van der Waals surface area contributed by atoms with Crippen LogP contribution in [0.15, 0.2) is 121 Å². The maximum Gasteiger partial charge on any atom is 0.410 e. The smallest absolute Gasteiger partial charge is 0.410 e. The molecular formula is C55H66N6O4. The summed E-state index contributed by atoms with van der Waals surface area (Å²) < 4.78 is 5.56. The molecule has 0 radical (unpaired) electrons. The van der Waals surface area contributed by atoms with Crippen molar-refractivity contribution in [1.29, 1.82) is 0 Å². The molecule has 2 aliphatic rings. The first-order chi connectivity index (χ1) is 31.3. The van der Waals surface area contributed by atoms with Gasteiger partial charge in [0.05, 0.1) is 12.1 Å². The number of amides is 3. The van der Waals surface area contributed by atoms with E-state index in [1.54, 1.807) is 4.90 Å². The maximum absolute atomic E-state index is 13.4. The second kappa shape index (κ2) is 21.1. The van der Waals surface area contributed by atoms with Gasteiger partial charge in [0.15, 0.2) is 0 Å². The molecule has 2 saturated heterocycles. The number of benzene rings is 6. The highest BCUT2D eigenvalue weighted by Gasteiger charge is 2.26. The van der Waals surface area contributed by atoms with Crippen LogP contribution in [0.2, 0.25) is 0 Å². The molecule has 3 N–H and O–H groups in total. The lowest BCUT2D eigenvalue weighted by atomic mass is 9.99. The van der Waals surface area contributed by atoms with Crippen molar-refractivity contribution in [2.24, 2.45) is 0 Å². The summed E-state index contributed by atoms with van der Waals surface area (Å²) >= 11 is 0. The highest BCUT2D eigenvalue weighted by Crippen LogP contribution is 2.28. The lowest BCUT2D eigenvalue weighted by molar-refractivity contribution is 0.0263. The van der Waals surface area contributed by atoms with Gasteiger partial charge in [0.2, 0.25) is 0 Å². The lowest BCUT2D eigenvalue weighted by Crippen LogP contribution is -2.39. The van der Waals surface area contributed by atoms with Gasteiger partial charge >= 0.3 is 6.09 Å². The zero-order valence-corrected chi connectivity index (χ0v) is 39.2. The minimum absolute atomic E-state index is 0.0160. The second-order valence-electron chi connectivity index (χ2n) is 18.4. The quantitative estimate of drug-likeness (QED) is 0.140. The molecule has 6 aromatic rings. The van der Waals surface area contributed by atoms with Crippen LogP contribution in [0.1, 0.15) is 103 Å². The van der Waals surface area contributed by atoms with Crippen LogP contribution in [0.25, 0.3) is 21.5 Å². The van der Waals surface area contributed by atoms with Crippen LogP contribution in [-0.4, -0.2) is 80.8 Å². The van der Waals surface area contributed by atoms with E-state index < -0.39 is 5.60 Å². The van der Waals surface area contributed by atoms with Crippen molar-refractivity contribution in [3.8, 4) is 0 Å². The number of hydrogen-bond donors (Lipinski definition) is 3. The van der Waals surface area contributed by atoms with E-state index in [1.807, 2.05) is 90.1 Å². The maximum atomic E-state index is 13.4. The number of anilines is 2. The molecular weight excluding hydrogens is 809 g/mol.